The molecule has 2 heterocycles. The molecule has 110 valence electrons. The van der Waals surface area contributed by atoms with Crippen LogP contribution in [0.15, 0.2) is 0 Å². The molecule has 0 saturated carbocycles. The van der Waals surface area contributed by atoms with E-state index in [1.165, 1.54) is 0 Å². The largest absolute Gasteiger partial charge is 0.352 e. The molecule has 1 aromatic rings. The van der Waals surface area contributed by atoms with Crippen molar-refractivity contribution in [1.29, 1.82) is 0 Å². The summed E-state index contributed by atoms with van der Waals surface area (Å²) >= 11 is 0. The van der Waals surface area contributed by atoms with Crippen LogP contribution >= 0.6 is 0 Å². The Hall–Kier alpha value is -1.85. The van der Waals surface area contributed by atoms with Crippen LogP contribution in [0.1, 0.15) is 30.8 Å². The number of hydrogen-bond donors (Lipinski definition) is 1. The second-order valence-corrected chi connectivity index (χ2v) is 5.81. The monoisotopic (exact) mass is 278 g/mol. The minimum atomic E-state index is -0.792. The first-order valence-electron chi connectivity index (χ1n) is 6.83. The van der Waals surface area contributed by atoms with E-state index in [1.54, 1.807) is 23.4 Å². The molecule has 1 fully saturated rings. The SMILES string of the molecule is Cc1nn(C)c(C)c1CC(=O)N1CCNC(=O)C1(C)C. The molecule has 0 unspecified atom stereocenters. The van der Waals surface area contributed by atoms with Gasteiger partial charge < -0.3 is 10.2 Å². The van der Waals surface area contributed by atoms with Crippen LogP contribution in [-0.4, -0.2) is 45.1 Å². The first kappa shape index (κ1) is 14.6. The standard InChI is InChI=1S/C14H22N4O2/c1-9-11(10(2)17(5)16-9)8-12(19)18-7-6-15-13(20)14(18,3)4/h6-8H2,1-5H3,(H,15,20). The summed E-state index contributed by atoms with van der Waals surface area (Å²) in [6.45, 7) is 8.49. The number of nitrogens with one attached hydrogen (secondary N) is 1. The zero-order valence-corrected chi connectivity index (χ0v) is 12.8. The van der Waals surface area contributed by atoms with Crippen LogP contribution in [0.5, 0.6) is 0 Å². The van der Waals surface area contributed by atoms with E-state index < -0.39 is 5.54 Å². The van der Waals surface area contributed by atoms with Gasteiger partial charge in [-0.25, -0.2) is 0 Å². The molecule has 2 rings (SSSR count). The zero-order valence-electron chi connectivity index (χ0n) is 12.8. The molecule has 1 aromatic heterocycles. The summed E-state index contributed by atoms with van der Waals surface area (Å²) < 4.78 is 1.78. The first-order chi connectivity index (χ1) is 9.25. The summed E-state index contributed by atoms with van der Waals surface area (Å²) in [5, 5.41) is 7.13. The van der Waals surface area contributed by atoms with Crippen molar-refractivity contribution in [2.75, 3.05) is 13.1 Å². The van der Waals surface area contributed by atoms with Crippen LogP contribution in [-0.2, 0) is 23.1 Å². The van der Waals surface area contributed by atoms with Crippen LogP contribution in [0.3, 0.4) is 0 Å². The predicted molar refractivity (Wildman–Crippen MR) is 75.2 cm³/mol. The maximum atomic E-state index is 12.6. The van der Waals surface area contributed by atoms with E-state index in [0.717, 1.165) is 17.0 Å². The number of carbonyl (C=O) groups is 2. The van der Waals surface area contributed by atoms with Gasteiger partial charge in [-0.3, -0.25) is 14.3 Å². The van der Waals surface area contributed by atoms with E-state index in [0.29, 0.717) is 19.5 Å². The molecule has 0 radical (unpaired) electrons. The number of hydrogen-bond acceptors (Lipinski definition) is 3. The third kappa shape index (κ3) is 2.30. The van der Waals surface area contributed by atoms with Gasteiger partial charge in [0.2, 0.25) is 11.8 Å². The summed E-state index contributed by atoms with van der Waals surface area (Å²) in [5.41, 5.74) is 2.03. The average Bonchev–Trinajstić information content (AvgIpc) is 2.59. The van der Waals surface area contributed by atoms with Crippen molar-refractivity contribution in [2.45, 2.75) is 39.7 Å². The summed E-state index contributed by atoms with van der Waals surface area (Å²) in [7, 11) is 1.87. The second kappa shape index (κ2) is 4.92. The van der Waals surface area contributed by atoms with Crippen LogP contribution < -0.4 is 5.32 Å². The second-order valence-electron chi connectivity index (χ2n) is 5.81. The van der Waals surface area contributed by atoms with Gasteiger partial charge in [0, 0.05) is 31.4 Å². The van der Waals surface area contributed by atoms with E-state index in [9.17, 15) is 9.59 Å². The third-order valence-corrected chi connectivity index (χ3v) is 4.14. The Balaban J connectivity index is 2.22. The number of amides is 2. The zero-order chi connectivity index (χ0) is 15.1. The highest BCUT2D eigenvalue weighted by Gasteiger charge is 2.40. The predicted octanol–water partition coefficient (Wildman–Crippen LogP) is 0.316. The van der Waals surface area contributed by atoms with Gasteiger partial charge in [0.25, 0.3) is 0 Å². The van der Waals surface area contributed by atoms with Crippen molar-refractivity contribution < 1.29 is 9.59 Å². The van der Waals surface area contributed by atoms with E-state index >= 15 is 0 Å². The lowest BCUT2D eigenvalue weighted by molar-refractivity contribution is -0.148. The minimum absolute atomic E-state index is 0.0240. The highest BCUT2D eigenvalue weighted by molar-refractivity contribution is 5.92. The van der Waals surface area contributed by atoms with Crippen LogP contribution in [0, 0.1) is 13.8 Å². The molecule has 0 spiro atoms. The fourth-order valence-electron chi connectivity index (χ4n) is 2.66. The third-order valence-electron chi connectivity index (χ3n) is 4.14. The van der Waals surface area contributed by atoms with Gasteiger partial charge >= 0.3 is 0 Å². The fraction of sp³-hybridized carbons (Fsp3) is 0.643. The van der Waals surface area contributed by atoms with Crippen LogP contribution in [0.25, 0.3) is 0 Å². The molecule has 6 heteroatoms. The molecule has 20 heavy (non-hydrogen) atoms. The van der Waals surface area contributed by atoms with Crippen LogP contribution in [0.2, 0.25) is 0 Å². The first-order valence-corrected chi connectivity index (χ1v) is 6.83. The van der Waals surface area contributed by atoms with Crippen molar-refractivity contribution in [2.24, 2.45) is 7.05 Å². The van der Waals surface area contributed by atoms with E-state index in [2.05, 4.69) is 10.4 Å². The highest BCUT2D eigenvalue weighted by Crippen LogP contribution is 2.21. The average molecular weight is 278 g/mol. The molecule has 0 atom stereocenters. The number of rotatable bonds is 2. The topological polar surface area (TPSA) is 67.2 Å². The molecular weight excluding hydrogens is 256 g/mol. The quantitative estimate of drug-likeness (QED) is 0.847. The molecule has 6 nitrogen and oxygen atoms in total. The molecule has 1 aliphatic heterocycles. The lowest BCUT2D eigenvalue weighted by Gasteiger charge is -2.41. The van der Waals surface area contributed by atoms with Gasteiger partial charge in [0.15, 0.2) is 0 Å². The lowest BCUT2D eigenvalue weighted by Crippen LogP contribution is -2.63. The Bertz CT molecular complexity index is 560. The van der Waals surface area contributed by atoms with Crippen molar-refractivity contribution >= 4 is 11.8 Å². The summed E-state index contributed by atoms with van der Waals surface area (Å²) in [6.07, 6.45) is 0.294. The van der Waals surface area contributed by atoms with Crippen molar-refractivity contribution in [3.8, 4) is 0 Å². The fourth-order valence-corrected chi connectivity index (χ4v) is 2.66. The number of aromatic nitrogens is 2. The Labute approximate surface area is 119 Å². The minimum Gasteiger partial charge on any atom is -0.352 e. The van der Waals surface area contributed by atoms with E-state index in [1.807, 2.05) is 20.9 Å². The smallest absolute Gasteiger partial charge is 0.245 e. The molecule has 0 aromatic carbocycles. The molecule has 0 aliphatic carbocycles. The normalized spacial score (nSPS) is 18.1. The molecule has 2 amide bonds. The number of piperazine rings is 1. The Morgan fingerprint density at radius 2 is 2.05 bits per heavy atom. The number of nitrogens with zero attached hydrogens (tertiary/aromatic N) is 3. The molecule has 1 saturated heterocycles. The van der Waals surface area contributed by atoms with Gasteiger partial charge in [0.1, 0.15) is 5.54 Å². The highest BCUT2D eigenvalue weighted by atomic mass is 16.2. The Morgan fingerprint density at radius 3 is 2.60 bits per heavy atom. The Morgan fingerprint density at radius 1 is 1.40 bits per heavy atom. The van der Waals surface area contributed by atoms with Crippen molar-refractivity contribution in [3.63, 3.8) is 0 Å². The summed E-state index contributed by atoms with van der Waals surface area (Å²) in [6, 6.07) is 0. The molecule has 1 aliphatic rings. The van der Waals surface area contributed by atoms with Gasteiger partial charge in [-0.15, -0.1) is 0 Å². The number of aryl methyl sites for hydroxylation is 2. The lowest BCUT2D eigenvalue weighted by atomic mass is 9.97. The van der Waals surface area contributed by atoms with E-state index in [-0.39, 0.29) is 11.8 Å². The van der Waals surface area contributed by atoms with Gasteiger partial charge in [-0.05, 0) is 27.7 Å². The molecule has 0 bridgehead atoms. The van der Waals surface area contributed by atoms with Gasteiger partial charge in [-0.1, -0.05) is 0 Å². The summed E-state index contributed by atoms with van der Waals surface area (Å²) in [5.74, 6) is -0.124. The van der Waals surface area contributed by atoms with Crippen LogP contribution in [0.4, 0.5) is 0 Å². The van der Waals surface area contributed by atoms with Crippen molar-refractivity contribution in [1.82, 2.24) is 20.0 Å². The van der Waals surface area contributed by atoms with Crippen molar-refractivity contribution in [3.05, 3.63) is 17.0 Å². The maximum absolute atomic E-state index is 12.6. The molecular formula is C14H22N4O2. The Kier molecular flexibility index (Phi) is 3.58. The van der Waals surface area contributed by atoms with Gasteiger partial charge in [-0.2, -0.15) is 5.10 Å². The maximum Gasteiger partial charge on any atom is 0.245 e. The number of carbonyl (C=O) groups excluding carboxylic acids is 2. The van der Waals surface area contributed by atoms with Gasteiger partial charge in [0.05, 0.1) is 12.1 Å². The van der Waals surface area contributed by atoms with E-state index in [4.69, 9.17) is 0 Å². The summed E-state index contributed by atoms with van der Waals surface area (Å²) in [4.78, 5) is 26.1. The molecule has 1 N–H and O–H groups in total.